The minimum atomic E-state index is 0.876. The first-order chi connectivity index (χ1) is 6.86. The summed E-state index contributed by atoms with van der Waals surface area (Å²) in [5.74, 6) is 0.876. The average Bonchev–Trinajstić information content (AvgIpc) is 2.25. The molecule has 1 rings (SSSR count). The molecule has 0 bridgehead atoms. The zero-order valence-corrected chi connectivity index (χ0v) is 9.68. The maximum Gasteiger partial charge on any atom is 0.0107 e. The number of rotatable bonds is 6. The Morgan fingerprint density at radius 1 is 1.36 bits per heavy atom. The zero-order valence-electron chi connectivity index (χ0n) is 9.68. The van der Waals surface area contributed by atoms with Gasteiger partial charge in [-0.3, -0.25) is 0 Å². The van der Waals surface area contributed by atoms with Gasteiger partial charge in [0.05, 0.1) is 0 Å². The summed E-state index contributed by atoms with van der Waals surface area (Å²) >= 11 is 0. The zero-order chi connectivity index (χ0) is 10.2. The molecule has 2 N–H and O–H groups in total. The van der Waals surface area contributed by atoms with Gasteiger partial charge in [0.15, 0.2) is 0 Å². The van der Waals surface area contributed by atoms with E-state index in [-0.39, 0.29) is 0 Å². The Labute approximate surface area is 88.2 Å². The van der Waals surface area contributed by atoms with Crippen LogP contribution in [0.15, 0.2) is 0 Å². The van der Waals surface area contributed by atoms with E-state index < -0.39 is 0 Å². The van der Waals surface area contributed by atoms with Crippen molar-refractivity contribution in [2.75, 3.05) is 46.3 Å². The Morgan fingerprint density at radius 2 is 2.07 bits per heavy atom. The minimum Gasteiger partial charge on any atom is -0.320 e. The molecule has 0 aromatic rings. The van der Waals surface area contributed by atoms with E-state index in [1.807, 2.05) is 7.05 Å². The highest BCUT2D eigenvalue weighted by atomic mass is 15.2. The number of hydrogen-bond donors (Lipinski definition) is 2. The lowest BCUT2D eigenvalue weighted by molar-refractivity contribution is 0.198. The second kappa shape index (κ2) is 7.21. The van der Waals surface area contributed by atoms with E-state index in [2.05, 4.69) is 22.5 Å². The first kappa shape index (κ1) is 12.0. The number of nitrogens with one attached hydrogen (secondary N) is 2. The third-order valence-electron chi connectivity index (χ3n) is 3.11. The third kappa shape index (κ3) is 4.40. The van der Waals surface area contributed by atoms with Gasteiger partial charge in [-0.1, -0.05) is 13.3 Å². The Balaban J connectivity index is 2.16. The van der Waals surface area contributed by atoms with Gasteiger partial charge >= 0.3 is 0 Å². The molecule has 84 valence electrons. The van der Waals surface area contributed by atoms with Crippen molar-refractivity contribution in [3.8, 4) is 0 Å². The van der Waals surface area contributed by atoms with Gasteiger partial charge in [0.25, 0.3) is 0 Å². The molecule has 0 aromatic heterocycles. The van der Waals surface area contributed by atoms with Crippen molar-refractivity contribution in [2.24, 2.45) is 5.92 Å². The largest absolute Gasteiger partial charge is 0.320 e. The molecule has 3 heteroatoms. The first-order valence-electron chi connectivity index (χ1n) is 5.94. The number of piperazine rings is 1. The van der Waals surface area contributed by atoms with Crippen molar-refractivity contribution in [1.82, 2.24) is 15.5 Å². The van der Waals surface area contributed by atoms with Crippen LogP contribution in [0.2, 0.25) is 0 Å². The van der Waals surface area contributed by atoms with Crippen LogP contribution in [0.5, 0.6) is 0 Å². The van der Waals surface area contributed by atoms with Crippen LogP contribution in [0.1, 0.15) is 19.8 Å². The van der Waals surface area contributed by atoms with Crippen molar-refractivity contribution >= 4 is 0 Å². The van der Waals surface area contributed by atoms with E-state index in [0.29, 0.717) is 0 Å². The van der Waals surface area contributed by atoms with E-state index in [4.69, 9.17) is 0 Å². The summed E-state index contributed by atoms with van der Waals surface area (Å²) in [5.41, 5.74) is 0. The van der Waals surface area contributed by atoms with Gasteiger partial charge in [-0.25, -0.2) is 0 Å². The highest BCUT2D eigenvalue weighted by molar-refractivity contribution is 4.71. The van der Waals surface area contributed by atoms with E-state index >= 15 is 0 Å². The topological polar surface area (TPSA) is 27.3 Å². The maximum absolute atomic E-state index is 3.40. The van der Waals surface area contributed by atoms with Crippen LogP contribution in [0, 0.1) is 5.92 Å². The quantitative estimate of drug-likeness (QED) is 0.653. The molecule has 1 saturated heterocycles. The molecule has 0 aromatic carbocycles. The molecular weight excluding hydrogens is 174 g/mol. The molecule has 1 aliphatic rings. The number of nitrogens with zero attached hydrogens (tertiary/aromatic N) is 1. The average molecular weight is 199 g/mol. The second-order valence-corrected chi connectivity index (χ2v) is 4.22. The van der Waals surface area contributed by atoms with E-state index in [9.17, 15) is 0 Å². The summed E-state index contributed by atoms with van der Waals surface area (Å²) in [6, 6.07) is 0. The Hall–Kier alpha value is -0.120. The summed E-state index contributed by atoms with van der Waals surface area (Å²) in [6.45, 7) is 9.56. The highest BCUT2D eigenvalue weighted by Gasteiger charge is 2.14. The highest BCUT2D eigenvalue weighted by Crippen LogP contribution is 2.10. The molecule has 0 saturated carbocycles. The predicted molar refractivity (Wildman–Crippen MR) is 61.6 cm³/mol. The molecular formula is C11H25N3. The standard InChI is InChI=1S/C11H25N3/c1-3-11(4-5-12-2)10-14-8-6-13-7-9-14/h11-13H,3-10H2,1-2H3. The summed E-state index contributed by atoms with van der Waals surface area (Å²) in [5, 5.41) is 6.63. The maximum atomic E-state index is 3.40. The molecule has 0 amide bonds. The molecule has 3 nitrogen and oxygen atoms in total. The second-order valence-electron chi connectivity index (χ2n) is 4.22. The molecule has 0 aliphatic carbocycles. The van der Waals surface area contributed by atoms with Crippen LogP contribution >= 0.6 is 0 Å². The van der Waals surface area contributed by atoms with Crippen LogP contribution in [0.25, 0.3) is 0 Å². The fourth-order valence-corrected chi connectivity index (χ4v) is 2.03. The summed E-state index contributed by atoms with van der Waals surface area (Å²) in [4.78, 5) is 2.60. The van der Waals surface area contributed by atoms with Gasteiger partial charge in [-0.15, -0.1) is 0 Å². The molecule has 1 heterocycles. The van der Waals surface area contributed by atoms with Crippen LogP contribution in [0.4, 0.5) is 0 Å². The third-order valence-corrected chi connectivity index (χ3v) is 3.11. The minimum absolute atomic E-state index is 0.876. The molecule has 0 spiro atoms. The molecule has 0 radical (unpaired) electrons. The van der Waals surface area contributed by atoms with Crippen molar-refractivity contribution in [1.29, 1.82) is 0 Å². The molecule has 1 atom stereocenters. The van der Waals surface area contributed by atoms with Gasteiger partial charge < -0.3 is 15.5 Å². The Bertz CT molecular complexity index is 132. The lowest BCUT2D eigenvalue weighted by atomic mass is 10.0. The van der Waals surface area contributed by atoms with Gasteiger partial charge in [0, 0.05) is 32.7 Å². The SMILES string of the molecule is CCC(CCNC)CN1CCNCC1. The van der Waals surface area contributed by atoms with E-state index in [1.54, 1.807) is 0 Å². The Kier molecular flexibility index (Phi) is 6.15. The molecule has 1 unspecified atom stereocenters. The fraction of sp³-hybridized carbons (Fsp3) is 1.00. The molecule has 1 fully saturated rings. The van der Waals surface area contributed by atoms with Gasteiger partial charge in [0.1, 0.15) is 0 Å². The van der Waals surface area contributed by atoms with Crippen molar-refractivity contribution in [3.05, 3.63) is 0 Å². The lowest BCUT2D eigenvalue weighted by Gasteiger charge is -2.30. The molecule has 14 heavy (non-hydrogen) atoms. The van der Waals surface area contributed by atoms with Crippen LogP contribution < -0.4 is 10.6 Å². The fourth-order valence-electron chi connectivity index (χ4n) is 2.03. The normalized spacial score (nSPS) is 21.0. The monoisotopic (exact) mass is 199 g/mol. The van der Waals surface area contributed by atoms with Gasteiger partial charge in [-0.2, -0.15) is 0 Å². The van der Waals surface area contributed by atoms with Gasteiger partial charge in [0.2, 0.25) is 0 Å². The lowest BCUT2D eigenvalue weighted by Crippen LogP contribution is -2.45. The first-order valence-corrected chi connectivity index (χ1v) is 5.94. The molecule has 1 aliphatic heterocycles. The van der Waals surface area contributed by atoms with E-state index in [1.165, 1.54) is 45.6 Å². The summed E-state index contributed by atoms with van der Waals surface area (Å²) in [7, 11) is 2.04. The van der Waals surface area contributed by atoms with Crippen molar-refractivity contribution in [3.63, 3.8) is 0 Å². The van der Waals surface area contributed by atoms with Gasteiger partial charge in [-0.05, 0) is 25.9 Å². The van der Waals surface area contributed by atoms with Crippen LogP contribution in [-0.4, -0.2) is 51.2 Å². The number of hydrogen-bond acceptors (Lipinski definition) is 3. The smallest absolute Gasteiger partial charge is 0.0107 e. The van der Waals surface area contributed by atoms with Crippen molar-refractivity contribution < 1.29 is 0 Å². The predicted octanol–water partition coefficient (Wildman–Crippen LogP) is 0.527. The van der Waals surface area contributed by atoms with Crippen LogP contribution in [0.3, 0.4) is 0 Å². The van der Waals surface area contributed by atoms with E-state index in [0.717, 1.165) is 12.5 Å². The van der Waals surface area contributed by atoms with Crippen molar-refractivity contribution in [2.45, 2.75) is 19.8 Å². The Morgan fingerprint density at radius 3 is 2.64 bits per heavy atom. The van der Waals surface area contributed by atoms with Crippen LogP contribution in [-0.2, 0) is 0 Å². The summed E-state index contributed by atoms with van der Waals surface area (Å²) < 4.78 is 0. The summed E-state index contributed by atoms with van der Waals surface area (Å²) in [6.07, 6.45) is 2.63.